The zero-order valence-corrected chi connectivity index (χ0v) is 19.3. The standard InChI is InChI=1S/C22H23N5O5S/c1-31-17-12-14(4-5-15(17)13-23)16-6-7-18(32-2)27-19(16)25-20(26-27)22(8-9-22)21(28)24-10-11-33(3,29)30/h4-7,12H,8-11H2,1-3H3,(H,24,28). The summed E-state index contributed by atoms with van der Waals surface area (Å²) in [7, 11) is -0.166. The van der Waals surface area contributed by atoms with E-state index in [1.807, 2.05) is 6.07 Å². The molecule has 10 nitrogen and oxygen atoms in total. The summed E-state index contributed by atoms with van der Waals surface area (Å²) in [5.74, 6) is 0.814. The average molecular weight is 470 g/mol. The van der Waals surface area contributed by atoms with E-state index in [1.54, 1.807) is 28.8 Å². The predicted octanol–water partition coefficient (Wildman–Crippen LogP) is 1.48. The summed E-state index contributed by atoms with van der Waals surface area (Å²) < 4.78 is 35.1. The fourth-order valence-corrected chi connectivity index (χ4v) is 4.14. The quantitative estimate of drug-likeness (QED) is 0.524. The van der Waals surface area contributed by atoms with Gasteiger partial charge >= 0.3 is 0 Å². The maximum absolute atomic E-state index is 12.9. The molecule has 0 bridgehead atoms. The van der Waals surface area contributed by atoms with Crippen LogP contribution in [0.4, 0.5) is 0 Å². The molecule has 0 radical (unpaired) electrons. The normalized spacial score (nSPS) is 14.5. The molecule has 0 atom stereocenters. The Morgan fingerprint density at radius 2 is 2.00 bits per heavy atom. The number of rotatable bonds is 8. The molecule has 2 heterocycles. The van der Waals surface area contributed by atoms with Crippen molar-refractivity contribution in [3.8, 4) is 28.8 Å². The van der Waals surface area contributed by atoms with Crippen LogP contribution in [0.1, 0.15) is 24.2 Å². The second-order valence-electron chi connectivity index (χ2n) is 7.95. The molecule has 1 N–H and O–H groups in total. The van der Waals surface area contributed by atoms with Crippen molar-refractivity contribution >= 4 is 21.4 Å². The van der Waals surface area contributed by atoms with Gasteiger partial charge in [-0.2, -0.15) is 9.78 Å². The van der Waals surface area contributed by atoms with E-state index in [1.165, 1.54) is 14.2 Å². The van der Waals surface area contributed by atoms with E-state index in [-0.39, 0.29) is 18.2 Å². The third kappa shape index (κ3) is 4.21. The fourth-order valence-electron chi connectivity index (χ4n) is 3.67. The monoisotopic (exact) mass is 469 g/mol. The van der Waals surface area contributed by atoms with Crippen molar-refractivity contribution in [1.29, 1.82) is 5.26 Å². The van der Waals surface area contributed by atoms with Gasteiger partial charge in [-0.3, -0.25) is 4.79 Å². The van der Waals surface area contributed by atoms with E-state index in [2.05, 4.69) is 16.5 Å². The maximum Gasteiger partial charge on any atom is 0.234 e. The first-order valence-corrected chi connectivity index (χ1v) is 12.3. The van der Waals surface area contributed by atoms with Crippen LogP contribution < -0.4 is 14.8 Å². The van der Waals surface area contributed by atoms with E-state index >= 15 is 0 Å². The molecule has 4 rings (SSSR count). The number of hydrogen-bond donors (Lipinski definition) is 1. The van der Waals surface area contributed by atoms with Crippen LogP contribution in [-0.4, -0.2) is 61.7 Å². The van der Waals surface area contributed by atoms with Crippen LogP contribution in [0.5, 0.6) is 11.6 Å². The number of fused-ring (bicyclic) bond motifs is 1. The third-order valence-corrected chi connectivity index (χ3v) is 6.61. The van der Waals surface area contributed by atoms with Crippen LogP contribution in [0.25, 0.3) is 16.8 Å². The zero-order chi connectivity index (χ0) is 23.8. The molecular weight excluding hydrogens is 446 g/mol. The number of pyridine rings is 1. The second kappa shape index (κ2) is 8.37. The molecule has 1 aliphatic carbocycles. The number of carbonyl (C=O) groups excluding carboxylic acids is 1. The largest absolute Gasteiger partial charge is 0.495 e. The lowest BCUT2D eigenvalue weighted by Gasteiger charge is -2.11. The van der Waals surface area contributed by atoms with Gasteiger partial charge in [-0.15, -0.1) is 5.10 Å². The van der Waals surface area contributed by atoms with Gasteiger partial charge in [-0.05, 0) is 36.6 Å². The molecule has 0 aliphatic heterocycles. The predicted molar refractivity (Wildman–Crippen MR) is 120 cm³/mol. The van der Waals surface area contributed by atoms with Gasteiger partial charge in [0.15, 0.2) is 11.5 Å². The summed E-state index contributed by atoms with van der Waals surface area (Å²) in [4.78, 5) is 17.6. The molecule has 0 unspecified atom stereocenters. The lowest BCUT2D eigenvalue weighted by Crippen LogP contribution is -2.38. The number of ether oxygens (including phenoxy) is 2. The minimum absolute atomic E-state index is 0.0341. The summed E-state index contributed by atoms with van der Waals surface area (Å²) in [5, 5.41) is 16.5. The van der Waals surface area contributed by atoms with Crippen LogP contribution in [0.2, 0.25) is 0 Å². The average Bonchev–Trinajstić information content (AvgIpc) is 3.49. The molecule has 0 spiro atoms. The van der Waals surface area contributed by atoms with E-state index in [4.69, 9.17) is 14.5 Å². The molecule has 33 heavy (non-hydrogen) atoms. The maximum atomic E-state index is 12.9. The number of nitriles is 1. The molecule has 1 aromatic carbocycles. The van der Waals surface area contributed by atoms with Gasteiger partial charge in [-0.1, -0.05) is 6.07 Å². The van der Waals surface area contributed by atoms with Gasteiger partial charge in [0, 0.05) is 24.4 Å². The van der Waals surface area contributed by atoms with Crippen LogP contribution in [0.3, 0.4) is 0 Å². The highest BCUT2D eigenvalue weighted by Gasteiger charge is 2.54. The molecule has 3 aromatic rings. The second-order valence-corrected chi connectivity index (χ2v) is 10.2. The number of hydrogen-bond acceptors (Lipinski definition) is 8. The number of carbonyl (C=O) groups is 1. The van der Waals surface area contributed by atoms with Crippen molar-refractivity contribution in [3.05, 3.63) is 41.7 Å². The van der Waals surface area contributed by atoms with Gasteiger partial charge in [0.2, 0.25) is 11.8 Å². The Kier molecular flexibility index (Phi) is 5.71. The fraction of sp³-hybridized carbons (Fsp3) is 0.364. The lowest BCUT2D eigenvalue weighted by atomic mass is 10.0. The molecule has 172 valence electrons. The Bertz CT molecular complexity index is 1390. The molecule has 1 aliphatic rings. The molecule has 1 saturated carbocycles. The van der Waals surface area contributed by atoms with Crippen molar-refractivity contribution in [1.82, 2.24) is 19.9 Å². The Balaban J connectivity index is 1.74. The molecule has 2 aromatic heterocycles. The molecule has 11 heteroatoms. The Morgan fingerprint density at radius 1 is 1.24 bits per heavy atom. The lowest BCUT2D eigenvalue weighted by molar-refractivity contribution is -0.123. The van der Waals surface area contributed by atoms with E-state index in [0.29, 0.717) is 41.5 Å². The van der Waals surface area contributed by atoms with Gasteiger partial charge in [0.05, 0.1) is 25.5 Å². The van der Waals surface area contributed by atoms with Gasteiger partial charge < -0.3 is 14.8 Å². The number of sulfone groups is 1. The Labute approximate surface area is 191 Å². The summed E-state index contributed by atoms with van der Waals surface area (Å²) in [6.45, 7) is 0.0341. The summed E-state index contributed by atoms with van der Waals surface area (Å²) in [6.07, 6.45) is 2.26. The number of benzene rings is 1. The molecule has 0 saturated heterocycles. The van der Waals surface area contributed by atoms with E-state index in [9.17, 15) is 18.5 Å². The Hall–Kier alpha value is -3.65. The number of amides is 1. The van der Waals surface area contributed by atoms with Gasteiger partial charge in [0.25, 0.3) is 0 Å². The van der Waals surface area contributed by atoms with Gasteiger partial charge in [-0.25, -0.2) is 13.4 Å². The first-order chi connectivity index (χ1) is 15.7. The first kappa shape index (κ1) is 22.5. The molecule has 1 amide bonds. The smallest absolute Gasteiger partial charge is 0.234 e. The van der Waals surface area contributed by atoms with Crippen LogP contribution >= 0.6 is 0 Å². The van der Waals surface area contributed by atoms with Crippen molar-refractivity contribution in [2.45, 2.75) is 18.3 Å². The topological polar surface area (TPSA) is 136 Å². The zero-order valence-electron chi connectivity index (χ0n) is 18.5. The SMILES string of the molecule is COc1cc(-c2ccc(OC)n3nc(C4(C(=O)NCCS(C)(=O)=O)CC4)nc23)ccc1C#N. The third-order valence-electron chi connectivity index (χ3n) is 5.66. The molecule has 1 fully saturated rings. The highest BCUT2D eigenvalue weighted by atomic mass is 32.2. The highest BCUT2D eigenvalue weighted by molar-refractivity contribution is 7.90. The Morgan fingerprint density at radius 3 is 2.61 bits per heavy atom. The van der Waals surface area contributed by atoms with E-state index < -0.39 is 15.3 Å². The number of aromatic nitrogens is 3. The van der Waals surface area contributed by atoms with Crippen LogP contribution in [-0.2, 0) is 20.0 Å². The number of methoxy groups -OCH3 is 2. The number of nitrogens with one attached hydrogen (secondary N) is 1. The summed E-state index contributed by atoms with van der Waals surface area (Å²) in [6, 6.07) is 10.9. The van der Waals surface area contributed by atoms with Crippen molar-refractivity contribution in [2.75, 3.05) is 32.8 Å². The van der Waals surface area contributed by atoms with Crippen molar-refractivity contribution in [3.63, 3.8) is 0 Å². The van der Waals surface area contributed by atoms with Crippen molar-refractivity contribution in [2.24, 2.45) is 0 Å². The van der Waals surface area contributed by atoms with Crippen LogP contribution in [0, 0.1) is 11.3 Å². The van der Waals surface area contributed by atoms with Crippen LogP contribution in [0.15, 0.2) is 30.3 Å². The first-order valence-electron chi connectivity index (χ1n) is 10.2. The number of nitrogens with zero attached hydrogens (tertiary/aromatic N) is 4. The molecular formula is C22H23N5O5S. The highest BCUT2D eigenvalue weighted by Crippen LogP contribution is 2.47. The van der Waals surface area contributed by atoms with Gasteiger partial charge in [0.1, 0.15) is 27.1 Å². The van der Waals surface area contributed by atoms with Crippen molar-refractivity contribution < 1.29 is 22.7 Å². The summed E-state index contributed by atoms with van der Waals surface area (Å²) in [5.41, 5.74) is 1.50. The summed E-state index contributed by atoms with van der Waals surface area (Å²) >= 11 is 0. The minimum atomic E-state index is -3.18. The van der Waals surface area contributed by atoms with E-state index in [0.717, 1.165) is 17.4 Å². The minimum Gasteiger partial charge on any atom is -0.495 e.